The maximum absolute atomic E-state index is 13.6. The van der Waals surface area contributed by atoms with Gasteiger partial charge in [-0.05, 0) is 38.4 Å². The summed E-state index contributed by atoms with van der Waals surface area (Å²) >= 11 is 0. The van der Waals surface area contributed by atoms with Crippen LogP contribution in [0.15, 0.2) is 53.3 Å². The van der Waals surface area contributed by atoms with Gasteiger partial charge in [-0.1, -0.05) is 12.1 Å². The number of para-hydroxylation sites is 2. The van der Waals surface area contributed by atoms with Crippen LogP contribution in [-0.4, -0.2) is 64.1 Å². The molecule has 3 aromatic heterocycles. The number of rotatable bonds is 12. The highest BCUT2D eigenvalue weighted by Gasteiger charge is 2.14. The predicted octanol–water partition coefficient (Wildman–Crippen LogP) is 2.42. The van der Waals surface area contributed by atoms with Gasteiger partial charge in [0.25, 0.3) is 5.91 Å². The molecule has 0 atom stereocenters. The van der Waals surface area contributed by atoms with Crippen molar-refractivity contribution in [2.24, 2.45) is 0 Å². The molecule has 0 fully saturated rings. The number of nitrogens with one attached hydrogen (secondary N) is 2. The summed E-state index contributed by atoms with van der Waals surface area (Å²) in [4.78, 5) is 27.4. The molecular weight excluding hydrogens is 449 g/mol. The van der Waals surface area contributed by atoms with Crippen molar-refractivity contribution >= 4 is 16.9 Å². The van der Waals surface area contributed by atoms with E-state index in [1.807, 2.05) is 18.2 Å². The van der Waals surface area contributed by atoms with E-state index in [4.69, 9.17) is 9.40 Å². The zero-order valence-electron chi connectivity index (χ0n) is 20.0. The molecule has 10 heteroatoms. The summed E-state index contributed by atoms with van der Waals surface area (Å²) < 4.78 is 21.3. The third kappa shape index (κ3) is 6.49. The molecule has 1 aromatic carbocycles. The minimum Gasteiger partial charge on any atom is -0.448 e. The summed E-state index contributed by atoms with van der Waals surface area (Å²) in [6.07, 6.45) is 4.13. The molecule has 2 N–H and O–H groups in total. The number of nitrogens with zero attached hydrogens (tertiary/aromatic N) is 5. The molecule has 35 heavy (non-hydrogen) atoms. The van der Waals surface area contributed by atoms with Crippen molar-refractivity contribution in [3.63, 3.8) is 0 Å². The van der Waals surface area contributed by atoms with E-state index >= 15 is 0 Å². The van der Waals surface area contributed by atoms with E-state index in [2.05, 4.69) is 50.2 Å². The maximum atomic E-state index is 13.6. The van der Waals surface area contributed by atoms with Gasteiger partial charge in [0, 0.05) is 45.2 Å². The average molecular weight is 480 g/mol. The summed E-state index contributed by atoms with van der Waals surface area (Å²) in [6.45, 7) is 3.22. The van der Waals surface area contributed by atoms with E-state index in [-0.39, 0.29) is 17.9 Å². The second-order valence-corrected chi connectivity index (χ2v) is 8.46. The molecule has 0 aliphatic carbocycles. The number of carbonyl (C=O) groups is 1. The van der Waals surface area contributed by atoms with Crippen molar-refractivity contribution < 1.29 is 13.6 Å². The molecule has 1 amide bonds. The van der Waals surface area contributed by atoms with Crippen LogP contribution in [0.3, 0.4) is 0 Å². The van der Waals surface area contributed by atoms with Crippen LogP contribution in [0.2, 0.25) is 0 Å². The van der Waals surface area contributed by atoms with Crippen LogP contribution >= 0.6 is 0 Å². The molecule has 0 bridgehead atoms. The van der Waals surface area contributed by atoms with Crippen LogP contribution in [0.5, 0.6) is 0 Å². The van der Waals surface area contributed by atoms with Gasteiger partial charge in [0.2, 0.25) is 0 Å². The first-order valence-electron chi connectivity index (χ1n) is 11.6. The molecule has 0 aliphatic rings. The van der Waals surface area contributed by atoms with Gasteiger partial charge in [-0.3, -0.25) is 9.78 Å². The Morgan fingerprint density at radius 2 is 1.94 bits per heavy atom. The van der Waals surface area contributed by atoms with Crippen LogP contribution in [-0.2, 0) is 25.9 Å². The van der Waals surface area contributed by atoms with Gasteiger partial charge in [0.15, 0.2) is 11.6 Å². The Balaban J connectivity index is 1.23. The number of benzene rings is 1. The molecule has 4 aromatic rings. The van der Waals surface area contributed by atoms with E-state index in [1.54, 1.807) is 0 Å². The fraction of sp³-hybridized carbons (Fsp3) is 0.360. The second kappa shape index (κ2) is 11.7. The minimum atomic E-state index is -0.465. The number of halogens is 1. The monoisotopic (exact) mass is 479 g/mol. The molecule has 0 aliphatic heterocycles. The van der Waals surface area contributed by atoms with Gasteiger partial charge in [0.05, 0.1) is 23.3 Å². The molecule has 3 heterocycles. The predicted molar refractivity (Wildman–Crippen MR) is 130 cm³/mol. The first kappa shape index (κ1) is 24.5. The molecule has 0 saturated heterocycles. The number of pyridine rings is 1. The van der Waals surface area contributed by atoms with Crippen molar-refractivity contribution in [3.8, 4) is 0 Å². The standard InChI is InChI=1S/C25H30FN7O2/c1-32(2)14-15-33-22-8-4-3-7-19(22)30-23(33)9-12-27-13-10-24-31-21(17-35-24)25(34)29-16-20-18(26)6-5-11-28-20/h3-8,11,17,27H,9-10,12-16H2,1-2H3,(H,29,34). The SMILES string of the molecule is CN(C)CCn1c(CCNCCc2nc(C(=O)NCc3ncccc3F)co2)nc2ccccc21. The highest BCUT2D eigenvalue weighted by atomic mass is 19.1. The Labute approximate surface area is 203 Å². The largest absolute Gasteiger partial charge is 0.448 e. The smallest absolute Gasteiger partial charge is 0.273 e. The lowest BCUT2D eigenvalue weighted by molar-refractivity contribution is 0.0945. The average Bonchev–Trinajstić information content (AvgIpc) is 3.46. The fourth-order valence-electron chi connectivity index (χ4n) is 3.72. The van der Waals surface area contributed by atoms with E-state index in [1.165, 1.54) is 24.6 Å². The van der Waals surface area contributed by atoms with Gasteiger partial charge in [-0.15, -0.1) is 0 Å². The Bertz CT molecular complexity index is 1270. The number of hydrogen-bond donors (Lipinski definition) is 2. The second-order valence-electron chi connectivity index (χ2n) is 8.46. The number of aromatic nitrogens is 4. The molecule has 0 saturated carbocycles. The van der Waals surface area contributed by atoms with E-state index < -0.39 is 11.7 Å². The van der Waals surface area contributed by atoms with E-state index in [0.717, 1.165) is 42.9 Å². The molecule has 0 radical (unpaired) electrons. The van der Waals surface area contributed by atoms with Gasteiger partial charge in [0.1, 0.15) is 17.9 Å². The van der Waals surface area contributed by atoms with Crippen molar-refractivity contribution in [1.82, 2.24) is 35.1 Å². The third-order valence-corrected chi connectivity index (χ3v) is 5.58. The van der Waals surface area contributed by atoms with E-state index in [9.17, 15) is 9.18 Å². The lowest BCUT2D eigenvalue weighted by Crippen LogP contribution is -2.24. The van der Waals surface area contributed by atoms with Crippen molar-refractivity contribution in [2.75, 3.05) is 33.7 Å². The van der Waals surface area contributed by atoms with Crippen molar-refractivity contribution in [2.45, 2.75) is 25.9 Å². The molecule has 0 unspecified atom stereocenters. The number of oxazole rings is 1. The lowest BCUT2D eigenvalue weighted by atomic mass is 10.3. The fourth-order valence-corrected chi connectivity index (χ4v) is 3.72. The molecule has 4 rings (SSSR count). The van der Waals surface area contributed by atoms with E-state index in [0.29, 0.717) is 18.9 Å². The number of imidazole rings is 1. The summed E-state index contributed by atoms with van der Waals surface area (Å²) in [6, 6.07) is 11.0. The van der Waals surface area contributed by atoms with Crippen LogP contribution < -0.4 is 10.6 Å². The number of amides is 1. The first-order valence-corrected chi connectivity index (χ1v) is 11.6. The Hall–Kier alpha value is -3.63. The number of likely N-dealkylation sites (N-methyl/N-ethyl adjacent to an activating group) is 1. The Kier molecular flexibility index (Phi) is 8.17. The summed E-state index contributed by atoms with van der Waals surface area (Å²) in [5, 5.41) is 6.00. The maximum Gasteiger partial charge on any atom is 0.273 e. The molecule has 9 nitrogen and oxygen atoms in total. The van der Waals surface area contributed by atoms with Gasteiger partial charge in [-0.2, -0.15) is 0 Å². The number of hydrogen-bond acceptors (Lipinski definition) is 7. The summed E-state index contributed by atoms with van der Waals surface area (Å²) in [7, 11) is 4.14. The Morgan fingerprint density at radius 3 is 2.77 bits per heavy atom. The minimum absolute atomic E-state index is 0.0193. The first-order chi connectivity index (χ1) is 17.0. The van der Waals surface area contributed by atoms with Crippen LogP contribution in [0.25, 0.3) is 11.0 Å². The normalized spacial score (nSPS) is 11.4. The van der Waals surface area contributed by atoms with Gasteiger partial charge < -0.3 is 24.5 Å². The van der Waals surface area contributed by atoms with Crippen molar-refractivity contribution in [3.05, 3.63) is 77.8 Å². The topological polar surface area (TPSA) is 101 Å². The van der Waals surface area contributed by atoms with Crippen LogP contribution in [0.4, 0.5) is 4.39 Å². The third-order valence-electron chi connectivity index (χ3n) is 5.58. The highest BCUT2D eigenvalue weighted by Crippen LogP contribution is 2.16. The van der Waals surface area contributed by atoms with Crippen LogP contribution in [0, 0.1) is 5.82 Å². The quantitative estimate of drug-likeness (QED) is 0.301. The molecule has 0 spiro atoms. The summed E-state index contributed by atoms with van der Waals surface area (Å²) in [5.74, 6) is 0.618. The molecule has 184 valence electrons. The van der Waals surface area contributed by atoms with Gasteiger partial charge in [-0.25, -0.2) is 14.4 Å². The lowest BCUT2D eigenvalue weighted by Gasteiger charge is -2.13. The van der Waals surface area contributed by atoms with Gasteiger partial charge >= 0.3 is 0 Å². The number of fused-ring (bicyclic) bond motifs is 1. The number of carbonyl (C=O) groups excluding carboxylic acids is 1. The molecular formula is C25H30FN7O2. The summed E-state index contributed by atoms with van der Waals surface area (Å²) in [5.41, 5.74) is 2.49. The Morgan fingerprint density at radius 1 is 1.11 bits per heavy atom. The van der Waals surface area contributed by atoms with Crippen molar-refractivity contribution in [1.29, 1.82) is 0 Å². The van der Waals surface area contributed by atoms with Crippen LogP contribution in [0.1, 0.15) is 27.9 Å². The zero-order valence-corrected chi connectivity index (χ0v) is 20.0. The highest BCUT2D eigenvalue weighted by molar-refractivity contribution is 5.91. The zero-order chi connectivity index (χ0) is 24.6.